The molecule has 0 aromatic carbocycles. The number of amides is 1. The number of hydrogen-bond donors (Lipinski definition) is 2. The van der Waals surface area contributed by atoms with Gasteiger partial charge in [0, 0.05) is 32.7 Å². The molecule has 1 aliphatic heterocycles. The van der Waals surface area contributed by atoms with E-state index in [4.69, 9.17) is 4.74 Å². The second-order valence-electron chi connectivity index (χ2n) is 6.88. The smallest absolute Gasteiger partial charge is 0.365 e. The summed E-state index contributed by atoms with van der Waals surface area (Å²) in [5.74, 6) is -0.433. The normalized spacial score (nSPS) is 23.2. The largest absolute Gasteiger partial charge is 0.405 e. The van der Waals surface area contributed by atoms with Gasteiger partial charge in [-0.3, -0.25) is 9.69 Å². The van der Waals surface area contributed by atoms with Crippen molar-refractivity contribution in [1.29, 1.82) is 0 Å². The molecule has 2 N–H and O–H groups in total. The first-order valence-electron chi connectivity index (χ1n) is 9.36. The van der Waals surface area contributed by atoms with Gasteiger partial charge in [-0.25, -0.2) is 0 Å². The predicted octanol–water partition coefficient (Wildman–Crippen LogP) is 2.07. The van der Waals surface area contributed by atoms with E-state index in [-0.39, 0.29) is 6.10 Å². The van der Waals surface area contributed by atoms with Crippen LogP contribution in [0.5, 0.6) is 0 Å². The highest BCUT2D eigenvalue weighted by atomic mass is 19.4. The van der Waals surface area contributed by atoms with E-state index in [0.717, 1.165) is 25.7 Å². The van der Waals surface area contributed by atoms with Crippen molar-refractivity contribution in [1.82, 2.24) is 15.5 Å². The van der Waals surface area contributed by atoms with Gasteiger partial charge in [-0.2, -0.15) is 13.2 Å². The molecule has 1 heterocycles. The van der Waals surface area contributed by atoms with Crippen molar-refractivity contribution in [3.05, 3.63) is 0 Å². The van der Waals surface area contributed by atoms with E-state index in [1.165, 1.54) is 11.3 Å². The molecule has 0 bridgehead atoms. The summed E-state index contributed by atoms with van der Waals surface area (Å²) in [6.07, 6.45) is 0.690. The molecule has 0 radical (unpaired) electrons. The van der Waals surface area contributed by atoms with Crippen LogP contribution in [0.25, 0.3) is 0 Å². The van der Waals surface area contributed by atoms with Crippen molar-refractivity contribution in [2.75, 3.05) is 32.7 Å². The Morgan fingerprint density at radius 2 is 1.88 bits per heavy atom. The first-order valence-corrected chi connectivity index (χ1v) is 9.36. The Kier molecular flexibility index (Phi) is 7.96. The van der Waals surface area contributed by atoms with Crippen molar-refractivity contribution < 1.29 is 22.7 Å². The zero-order chi connectivity index (χ0) is 18.3. The van der Waals surface area contributed by atoms with Crippen LogP contribution in [0.15, 0.2) is 0 Å². The van der Waals surface area contributed by atoms with Crippen LogP contribution in [0.4, 0.5) is 13.2 Å². The molecular weight excluding hydrogens is 335 g/mol. The molecule has 5 nitrogen and oxygen atoms in total. The zero-order valence-corrected chi connectivity index (χ0v) is 14.9. The van der Waals surface area contributed by atoms with Crippen molar-refractivity contribution in [3.63, 3.8) is 0 Å². The molecule has 2 unspecified atom stereocenters. The number of carbonyl (C=O) groups is 1. The van der Waals surface area contributed by atoms with Gasteiger partial charge in [-0.05, 0) is 19.3 Å². The average molecular weight is 365 g/mol. The third-order valence-electron chi connectivity index (χ3n) is 5.01. The highest BCUT2D eigenvalue weighted by Crippen LogP contribution is 2.25. The molecule has 2 aliphatic rings. The molecule has 2 atom stereocenters. The van der Waals surface area contributed by atoms with Gasteiger partial charge < -0.3 is 15.4 Å². The average Bonchev–Trinajstić information content (AvgIpc) is 2.60. The van der Waals surface area contributed by atoms with Crippen LogP contribution in [-0.2, 0) is 9.53 Å². The molecule has 0 aromatic rings. The third kappa shape index (κ3) is 6.42. The molecule has 1 saturated heterocycles. The lowest BCUT2D eigenvalue weighted by molar-refractivity contribution is -0.184. The highest BCUT2D eigenvalue weighted by Gasteiger charge is 2.44. The maximum Gasteiger partial charge on any atom is 0.405 e. The number of nitrogens with zero attached hydrogens (tertiary/aromatic N) is 1. The fourth-order valence-corrected chi connectivity index (χ4v) is 3.53. The second-order valence-corrected chi connectivity index (χ2v) is 6.88. The SMILES string of the molecule is CCC(OC1CCCCC1)C(=O)NCC(N1CCNCC1)C(F)(F)F. The van der Waals surface area contributed by atoms with Gasteiger partial charge in [0.15, 0.2) is 0 Å². The number of hydrogen-bond acceptors (Lipinski definition) is 4. The van der Waals surface area contributed by atoms with E-state index in [1.807, 2.05) is 6.92 Å². The van der Waals surface area contributed by atoms with E-state index in [2.05, 4.69) is 10.6 Å². The van der Waals surface area contributed by atoms with Gasteiger partial charge in [0.25, 0.3) is 0 Å². The minimum absolute atomic E-state index is 0.0519. The molecule has 2 rings (SSSR count). The number of alkyl halides is 3. The third-order valence-corrected chi connectivity index (χ3v) is 5.01. The number of carbonyl (C=O) groups excluding carboxylic acids is 1. The van der Waals surface area contributed by atoms with E-state index in [9.17, 15) is 18.0 Å². The molecule has 1 amide bonds. The topological polar surface area (TPSA) is 53.6 Å². The molecule has 0 spiro atoms. The van der Waals surface area contributed by atoms with Gasteiger partial charge in [0.05, 0.1) is 6.10 Å². The zero-order valence-electron chi connectivity index (χ0n) is 14.9. The Bertz CT molecular complexity index is 408. The van der Waals surface area contributed by atoms with Crippen molar-refractivity contribution in [2.45, 2.75) is 69.9 Å². The lowest BCUT2D eigenvalue weighted by atomic mass is 9.97. The van der Waals surface area contributed by atoms with E-state index >= 15 is 0 Å². The van der Waals surface area contributed by atoms with Crippen LogP contribution >= 0.6 is 0 Å². The van der Waals surface area contributed by atoms with E-state index in [1.54, 1.807) is 0 Å². The van der Waals surface area contributed by atoms with Gasteiger partial charge in [-0.1, -0.05) is 26.2 Å². The van der Waals surface area contributed by atoms with E-state index in [0.29, 0.717) is 32.6 Å². The molecule has 2 fully saturated rings. The fourth-order valence-electron chi connectivity index (χ4n) is 3.53. The molecule has 1 aliphatic carbocycles. The predicted molar refractivity (Wildman–Crippen MR) is 89.3 cm³/mol. The molecule has 25 heavy (non-hydrogen) atoms. The summed E-state index contributed by atoms with van der Waals surface area (Å²) in [5, 5.41) is 5.52. The van der Waals surface area contributed by atoms with Crippen LogP contribution in [0, 0.1) is 0 Å². The molecule has 8 heteroatoms. The lowest BCUT2D eigenvalue weighted by Crippen LogP contribution is -2.58. The number of nitrogens with one attached hydrogen (secondary N) is 2. The maximum atomic E-state index is 13.4. The summed E-state index contributed by atoms with van der Waals surface area (Å²) in [7, 11) is 0. The van der Waals surface area contributed by atoms with Gasteiger partial charge >= 0.3 is 6.18 Å². The summed E-state index contributed by atoms with van der Waals surface area (Å²) in [4.78, 5) is 13.7. The molecule has 1 saturated carbocycles. The van der Waals surface area contributed by atoms with Crippen LogP contribution < -0.4 is 10.6 Å². The summed E-state index contributed by atoms with van der Waals surface area (Å²) >= 11 is 0. The standard InChI is InChI=1S/C17H30F3N3O2/c1-2-14(25-13-6-4-3-5-7-13)16(24)22-12-15(17(18,19)20)23-10-8-21-9-11-23/h13-15,21H,2-12H2,1H3,(H,22,24). The highest BCUT2D eigenvalue weighted by molar-refractivity contribution is 5.80. The summed E-state index contributed by atoms with van der Waals surface area (Å²) in [6.45, 7) is 3.12. The van der Waals surface area contributed by atoms with Crippen LogP contribution in [-0.4, -0.2) is 68.0 Å². The summed E-state index contributed by atoms with van der Waals surface area (Å²) in [5.41, 5.74) is 0. The minimum atomic E-state index is -4.36. The molecule has 146 valence electrons. The molecular formula is C17H30F3N3O2. The Labute approximate surface area is 147 Å². The van der Waals surface area contributed by atoms with Crippen molar-refractivity contribution in [2.24, 2.45) is 0 Å². The summed E-state index contributed by atoms with van der Waals surface area (Å²) < 4.78 is 45.9. The first-order chi connectivity index (χ1) is 11.9. The first kappa shape index (κ1) is 20.5. The molecule has 0 aromatic heterocycles. The minimum Gasteiger partial charge on any atom is -0.365 e. The van der Waals surface area contributed by atoms with Crippen molar-refractivity contribution in [3.8, 4) is 0 Å². The Morgan fingerprint density at radius 3 is 2.44 bits per heavy atom. The van der Waals surface area contributed by atoms with Gasteiger partial charge in [0.1, 0.15) is 12.1 Å². The van der Waals surface area contributed by atoms with Gasteiger partial charge in [-0.15, -0.1) is 0 Å². The number of piperazine rings is 1. The number of ether oxygens (including phenoxy) is 1. The van der Waals surface area contributed by atoms with Crippen LogP contribution in [0.2, 0.25) is 0 Å². The number of halogens is 3. The maximum absolute atomic E-state index is 13.4. The second kappa shape index (κ2) is 9.73. The summed E-state index contributed by atoms with van der Waals surface area (Å²) in [6, 6.07) is -1.65. The fraction of sp³-hybridized carbons (Fsp3) is 0.941. The monoisotopic (exact) mass is 365 g/mol. The quantitative estimate of drug-likeness (QED) is 0.725. The van der Waals surface area contributed by atoms with Crippen molar-refractivity contribution >= 4 is 5.91 Å². The Hall–Kier alpha value is -0.860. The van der Waals surface area contributed by atoms with E-state index < -0.39 is 30.8 Å². The lowest BCUT2D eigenvalue weighted by Gasteiger charge is -2.36. The van der Waals surface area contributed by atoms with Gasteiger partial charge in [0.2, 0.25) is 5.91 Å². The number of rotatable bonds is 7. The van der Waals surface area contributed by atoms with Crippen LogP contribution in [0.3, 0.4) is 0 Å². The van der Waals surface area contributed by atoms with Crippen LogP contribution in [0.1, 0.15) is 45.4 Å². The Balaban J connectivity index is 1.87. The Morgan fingerprint density at radius 1 is 1.24 bits per heavy atom.